The predicted octanol–water partition coefficient (Wildman–Crippen LogP) is 6.29. The van der Waals surface area contributed by atoms with Crippen LogP contribution in [0, 0.1) is 18.7 Å². The van der Waals surface area contributed by atoms with E-state index in [9.17, 15) is 4.39 Å². The van der Waals surface area contributed by atoms with Crippen molar-refractivity contribution in [2.75, 3.05) is 32.7 Å². The maximum atomic E-state index is 13.3. The highest BCUT2D eigenvalue weighted by atomic mass is 32.1. The van der Waals surface area contributed by atoms with Gasteiger partial charge in [-0.2, -0.15) is 11.3 Å². The smallest absolute Gasteiger partial charge is 0.123 e. The summed E-state index contributed by atoms with van der Waals surface area (Å²) in [6.45, 7) is 9.00. The zero-order chi connectivity index (χ0) is 21.9. The Hall–Kier alpha value is -2.01. The second-order valence-corrected chi connectivity index (χ2v) is 10.5. The minimum atomic E-state index is -0.137. The van der Waals surface area contributed by atoms with E-state index in [1.165, 1.54) is 48.2 Å². The maximum Gasteiger partial charge on any atom is 0.123 e. The number of halogens is 1. The van der Waals surface area contributed by atoms with E-state index in [2.05, 4.69) is 57.8 Å². The molecule has 32 heavy (non-hydrogen) atoms. The highest BCUT2D eigenvalue weighted by Gasteiger charge is 2.35. The fraction of sp³-hybridized carbons (Fsp3) is 0.429. The van der Waals surface area contributed by atoms with Crippen LogP contribution >= 0.6 is 11.3 Å². The molecule has 0 aliphatic carbocycles. The van der Waals surface area contributed by atoms with E-state index in [1.54, 1.807) is 12.1 Å². The summed E-state index contributed by atoms with van der Waals surface area (Å²) < 4.78 is 13.3. The summed E-state index contributed by atoms with van der Waals surface area (Å²) in [5.41, 5.74) is 5.56. The van der Waals surface area contributed by atoms with Crippen LogP contribution in [0.2, 0.25) is 0 Å². The number of thiophene rings is 1. The number of likely N-dealkylation sites (tertiary alicyclic amines) is 2. The van der Waals surface area contributed by atoms with E-state index < -0.39 is 0 Å². The van der Waals surface area contributed by atoms with E-state index in [-0.39, 0.29) is 5.82 Å². The number of benzene rings is 2. The Bertz CT molecular complexity index is 975. The van der Waals surface area contributed by atoms with Gasteiger partial charge in [-0.3, -0.25) is 4.90 Å². The Morgan fingerprint density at radius 1 is 0.875 bits per heavy atom. The summed E-state index contributed by atoms with van der Waals surface area (Å²) in [4.78, 5) is 5.34. The van der Waals surface area contributed by atoms with Gasteiger partial charge in [-0.1, -0.05) is 42.0 Å². The molecule has 168 valence electrons. The van der Waals surface area contributed by atoms with Gasteiger partial charge in [0, 0.05) is 32.1 Å². The van der Waals surface area contributed by atoms with Crippen molar-refractivity contribution in [1.29, 1.82) is 0 Å². The molecule has 0 N–H and O–H groups in total. The van der Waals surface area contributed by atoms with E-state index in [4.69, 9.17) is 0 Å². The van der Waals surface area contributed by atoms with Crippen LogP contribution in [0.15, 0.2) is 65.4 Å². The molecule has 3 heterocycles. The fourth-order valence-electron chi connectivity index (χ4n) is 5.61. The molecule has 3 aromatic rings. The first-order chi connectivity index (χ1) is 15.6. The highest BCUT2D eigenvalue weighted by Crippen LogP contribution is 2.36. The summed E-state index contributed by atoms with van der Waals surface area (Å²) in [6.07, 6.45) is 2.35. The van der Waals surface area contributed by atoms with Crippen LogP contribution in [0.1, 0.15) is 46.9 Å². The van der Waals surface area contributed by atoms with E-state index in [1.807, 2.05) is 23.5 Å². The molecule has 0 radical (unpaired) electrons. The molecule has 2 aliphatic rings. The van der Waals surface area contributed by atoms with Gasteiger partial charge in [0.15, 0.2) is 0 Å². The molecule has 4 heteroatoms. The van der Waals surface area contributed by atoms with Gasteiger partial charge in [-0.05, 0) is 90.3 Å². The molecule has 2 aromatic carbocycles. The molecule has 0 spiro atoms. The summed E-state index contributed by atoms with van der Waals surface area (Å²) in [7, 11) is 0. The Balaban J connectivity index is 1.21. The fourth-order valence-corrected chi connectivity index (χ4v) is 6.33. The Morgan fingerprint density at radius 2 is 1.62 bits per heavy atom. The number of hydrogen-bond donors (Lipinski definition) is 0. The van der Waals surface area contributed by atoms with Gasteiger partial charge in [0.05, 0.1) is 0 Å². The molecule has 2 unspecified atom stereocenters. The van der Waals surface area contributed by atoms with Gasteiger partial charge in [0.25, 0.3) is 0 Å². The number of piperidine rings is 1. The molecule has 2 fully saturated rings. The molecular weight excluding hydrogens is 415 g/mol. The monoisotopic (exact) mass is 448 g/mol. The molecule has 0 bridgehead atoms. The molecule has 5 rings (SSSR count). The van der Waals surface area contributed by atoms with E-state index in [0.29, 0.717) is 17.8 Å². The van der Waals surface area contributed by atoms with E-state index in [0.717, 1.165) is 26.2 Å². The number of rotatable bonds is 6. The van der Waals surface area contributed by atoms with Gasteiger partial charge >= 0.3 is 0 Å². The van der Waals surface area contributed by atoms with Crippen LogP contribution < -0.4 is 0 Å². The van der Waals surface area contributed by atoms with Crippen molar-refractivity contribution in [3.05, 3.63) is 93.4 Å². The molecular formula is C28H33FN2S. The second-order valence-electron chi connectivity index (χ2n) is 9.73. The quantitative estimate of drug-likeness (QED) is 0.437. The van der Waals surface area contributed by atoms with Crippen LogP contribution in [0.25, 0.3) is 0 Å². The molecule has 2 aliphatic heterocycles. The average Bonchev–Trinajstić information content (AvgIpc) is 3.47. The standard InChI is InChI=1S/C28H33FN2S/c1-21-2-4-22(5-3-21)16-31-18-26(28(19-31)25-12-15-32-20-25)17-30-13-10-24(11-14-30)23-6-8-27(29)9-7-23/h2-9,12,15,20,24,26,28H,10-11,13-14,16-19H2,1H3. The van der Waals surface area contributed by atoms with Crippen molar-refractivity contribution in [2.24, 2.45) is 5.92 Å². The predicted molar refractivity (Wildman–Crippen MR) is 132 cm³/mol. The van der Waals surface area contributed by atoms with Crippen molar-refractivity contribution in [1.82, 2.24) is 9.80 Å². The van der Waals surface area contributed by atoms with Gasteiger partial charge in [-0.25, -0.2) is 4.39 Å². The molecule has 1 aromatic heterocycles. The molecule has 2 atom stereocenters. The number of nitrogens with zero attached hydrogens (tertiary/aromatic N) is 2. The largest absolute Gasteiger partial charge is 0.303 e. The second kappa shape index (κ2) is 9.86. The summed E-state index contributed by atoms with van der Waals surface area (Å²) >= 11 is 1.82. The minimum absolute atomic E-state index is 0.137. The van der Waals surface area contributed by atoms with Crippen LogP contribution in [0.4, 0.5) is 4.39 Å². The van der Waals surface area contributed by atoms with Crippen molar-refractivity contribution < 1.29 is 4.39 Å². The lowest BCUT2D eigenvalue weighted by atomic mass is 9.87. The average molecular weight is 449 g/mol. The molecule has 2 nitrogen and oxygen atoms in total. The topological polar surface area (TPSA) is 6.48 Å². The minimum Gasteiger partial charge on any atom is -0.303 e. The first kappa shape index (κ1) is 21.8. The van der Waals surface area contributed by atoms with Crippen LogP contribution in [0.5, 0.6) is 0 Å². The van der Waals surface area contributed by atoms with Gasteiger partial charge in [-0.15, -0.1) is 0 Å². The Labute approximate surface area is 195 Å². The number of hydrogen-bond acceptors (Lipinski definition) is 3. The van der Waals surface area contributed by atoms with Gasteiger partial charge < -0.3 is 4.90 Å². The van der Waals surface area contributed by atoms with Crippen molar-refractivity contribution in [3.8, 4) is 0 Å². The lowest BCUT2D eigenvalue weighted by molar-refractivity contribution is 0.177. The molecule has 0 amide bonds. The first-order valence-corrected chi connectivity index (χ1v) is 12.9. The Morgan fingerprint density at radius 3 is 2.31 bits per heavy atom. The van der Waals surface area contributed by atoms with E-state index >= 15 is 0 Å². The van der Waals surface area contributed by atoms with Crippen LogP contribution in [0.3, 0.4) is 0 Å². The van der Waals surface area contributed by atoms with Crippen molar-refractivity contribution in [2.45, 2.75) is 38.1 Å². The number of aryl methyl sites for hydroxylation is 1. The van der Waals surface area contributed by atoms with Gasteiger partial charge in [0.1, 0.15) is 5.82 Å². The first-order valence-electron chi connectivity index (χ1n) is 11.9. The molecule has 2 saturated heterocycles. The third-order valence-corrected chi connectivity index (χ3v) is 8.14. The lowest BCUT2D eigenvalue weighted by Gasteiger charge is -2.34. The van der Waals surface area contributed by atoms with Crippen molar-refractivity contribution in [3.63, 3.8) is 0 Å². The summed E-state index contributed by atoms with van der Waals surface area (Å²) in [6, 6.07) is 18.5. The summed E-state index contributed by atoms with van der Waals surface area (Å²) in [5, 5.41) is 4.58. The zero-order valence-corrected chi connectivity index (χ0v) is 19.7. The Kier molecular flexibility index (Phi) is 6.72. The van der Waals surface area contributed by atoms with Crippen LogP contribution in [-0.2, 0) is 6.54 Å². The van der Waals surface area contributed by atoms with Gasteiger partial charge in [0.2, 0.25) is 0 Å². The highest BCUT2D eigenvalue weighted by molar-refractivity contribution is 7.08. The lowest BCUT2D eigenvalue weighted by Crippen LogP contribution is -2.38. The van der Waals surface area contributed by atoms with Crippen LogP contribution in [-0.4, -0.2) is 42.5 Å². The maximum absolute atomic E-state index is 13.3. The third kappa shape index (κ3) is 5.14. The van der Waals surface area contributed by atoms with Crippen molar-refractivity contribution >= 4 is 11.3 Å². The SMILES string of the molecule is Cc1ccc(CN2CC(CN3CCC(c4ccc(F)cc4)CC3)C(c3ccsc3)C2)cc1. The molecule has 0 saturated carbocycles. The third-order valence-electron chi connectivity index (χ3n) is 7.44. The zero-order valence-electron chi connectivity index (χ0n) is 18.9. The summed E-state index contributed by atoms with van der Waals surface area (Å²) in [5.74, 6) is 1.74. The normalized spacial score (nSPS) is 23.1.